The van der Waals surface area contributed by atoms with Crippen molar-refractivity contribution in [2.45, 2.75) is 431 Å². The molecule has 2 unspecified atom stereocenters. The summed E-state index contributed by atoms with van der Waals surface area (Å²) in [7, 11) is -9.93. The highest BCUT2D eigenvalue weighted by Crippen LogP contribution is 2.50. The van der Waals surface area contributed by atoms with Gasteiger partial charge in [0.25, 0.3) is 0 Å². The van der Waals surface area contributed by atoms with E-state index in [1.54, 1.807) is 0 Å². The summed E-state index contributed by atoms with van der Waals surface area (Å²) in [4.78, 5) is 73.6. The van der Waals surface area contributed by atoms with Crippen LogP contribution >= 0.6 is 15.6 Å². The highest BCUT2D eigenvalue weighted by atomic mass is 31.2. The number of carbonyl (C=O) groups excluding carboxylic acids is 4. The molecule has 4 fully saturated rings. The summed E-state index contributed by atoms with van der Waals surface area (Å²) in [6.07, 6.45) is 64.2. The Morgan fingerprint density at radius 1 is 0.279 bits per heavy atom. The van der Waals surface area contributed by atoms with Crippen molar-refractivity contribution in [3.63, 3.8) is 0 Å². The first-order chi connectivity index (χ1) is 50.5. The van der Waals surface area contributed by atoms with Crippen LogP contribution in [0.15, 0.2) is 0 Å². The fourth-order valence-electron chi connectivity index (χ4n) is 15.7. The number of unbranched alkanes of at least 4 members (excludes halogenated alkanes) is 36. The molecule has 0 heterocycles. The average Bonchev–Trinajstić information content (AvgIpc) is 1.48. The zero-order valence-electron chi connectivity index (χ0n) is 67.0. The van der Waals surface area contributed by atoms with E-state index in [0.29, 0.717) is 25.7 Å². The molecule has 0 amide bonds. The maximum Gasteiger partial charge on any atom is 0.472 e. The highest BCUT2D eigenvalue weighted by molar-refractivity contribution is 7.47. The summed E-state index contributed by atoms with van der Waals surface area (Å²) in [5.41, 5.74) is 0. The number of hydrogen-bond acceptors (Lipinski definition) is 15. The Labute approximate surface area is 634 Å². The van der Waals surface area contributed by atoms with Crippen LogP contribution in [0.1, 0.15) is 413 Å². The van der Waals surface area contributed by atoms with Gasteiger partial charge in [-0.3, -0.25) is 37.3 Å². The van der Waals surface area contributed by atoms with Crippen molar-refractivity contribution in [1.82, 2.24) is 0 Å². The molecule has 4 saturated carbocycles. The number of aliphatic hydroxyl groups excluding tert-OH is 1. The van der Waals surface area contributed by atoms with Gasteiger partial charge in [-0.05, 0) is 98.7 Å². The largest absolute Gasteiger partial charge is 0.472 e. The molecule has 3 N–H and O–H groups in total. The molecule has 0 bridgehead atoms. The van der Waals surface area contributed by atoms with E-state index in [-0.39, 0.29) is 25.7 Å². The van der Waals surface area contributed by atoms with Gasteiger partial charge in [0.05, 0.1) is 26.4 Å². The first-order valence-corrected chi connectivity index (χ1v) is 47.1. The molecule has 0 aromatic rings. The van der Waals surface area contributed by atoms with E-state index in [1.165, 1.54) is 257 Å². The van der Waals surface area contributed by atoms with E-state index in [4.69, 9.17) is 37.0 Å². The summed E-state index contributed by atoms with van der Waals surface area (Å²) >= 11 is 0. The molecule has 19 heteroatoms. The first-order valence-electron chi connectivity index (χ1n) is 44.1. The number of esters is 4. The molecule has 0 aromatic carbocycles. The Kier molecular flexibility index (Phi) is 55.2. The molecule has 4 aliphatic carbocycles. The fourth-order valence-corrected chi connectivity index (χ4v) is 17.3. The lowest BCUT2D eigenvalue weighted by atomic mass is 10.0. The molecule has 4 aliphatic rings. The molecule has 0 saturated heterocycles. The summed E-state index contributed by atoms with van der Waals surface area (Å²) < 4.78 is 69.2. The van der Waals surface area contributed by atoms with Crippen LogP contribution in [-0.2, 0) is 65.4 Å². The second-order valence-electron chi connectivity index (χ2n) is 32.8. The van der Waals surface area contributed by atoms with Gasteiger partial charge in [-0.25, -0.2) is 9.13 Å². The average molecular weight is 1510 g/mol. The molecular weight excluding hydrogens is 1350 g/mol. The lowest BCUT2D eigenvalue weighted by molar-refractivity contribution is -0.161. The molecule has 17 nitrogen and oxygen atoms in total. The second-order valence-corrected chi connectivity index (χ2v) is 35.7. The Morgan fingerprint density at radius 3 is 0.702 bits per heavy atom. The quantitative estimate of drug-likeness (QED) is 0.0222. The van der Waals surface area contributed by atoms with Crippen molar-refractivity contribution in [3.05, 3.63) is 0 Å². The van der Waals surface area contributed by atoms with Crippen molar-refractivity contribution in [3.8, 4) is 0 Å². The molecule has 12 atom stereocenters. The summed E-state index contributed by atoms with van der Waals surface area (Å²) in [6.45, 7) is 5.12. The molecule has 0 spiro atoms. The summed E-state index contributed by atoms with van der Waals surface area (Å²) in [6, 6.07) is 0. The van der Waals surface area contributed by atoms with Crippen molar-refractivity contribution in [2.75, 3.05) is 39.6 Å². The van der Waals surface area contributed by atoms with Gasteiger partial charge in [-0.15, -0.1) is 0 Å². The number of rotatable bonds is 78. The van der Waals surface area contributed by atoms with Crippen LogP contribution in [0, 0.1) is 47.3 Å². The van der Waals surface area contributed by atoms with Crippen molar-refractivity contribution in [1.29, 1.82) is 0 Å². The predicted molar refractivity (Wildman–Crippen MR) is 419 cm³/mol. The van der Waals surface area contributed by atoms with E-state index in [9.17, 15) is 43.2 Å². The SMILES string of the molecule is CCCCCCCC[C@@H]1C[C@@H]1CCCCCCCC(=O)OC[C@H](COP(=O)(O)OCC(O)COP(=O)(O)OC[C@@H](COC(=O)CCCCCCC[C@H]1C[C@H]1CCCCCCCC)OC(=O)CCCCCCC[C@H]1C[C@H]1CCCCCCCC)OC(=O)CCCCCCC[C@H]1C[C@H]1CCCCCCCC. The summed E-state index contributed by atoms with van der Waals surface area (Å²) in [5.74, 6) is 5.11. The third-order valence-electron chi connectivity index (χ3n) is 23.0. The Morgan fingerprint density at radius 2 is 0.471 bits per heavy atom. The Balaban J connectivity index is 1.16. The molecule has 0 radical (unpaired) electrons. The van der Waals surface area contributed by atoms with Gasteiger partial charge in [0.15, 0.2) is 12.2 Å². The van der Waals surface area contributed by atoms with Crippen molar-refractivity contribution < 1.29 is 80.2 Å². The lowest BCUT2D eigenvalue weighted by Crippen LogP contribution is -2.30. The number of hydrogen-bond donors (Lipinski definition) is 3. The Bertz CT molecular complexity index is 2090. The number of carbonyl (C=O) groups is 4. The fraction of sp³-hybridized carbons (Fsp3) is 0.953. The normalized spacial score (nSPS) is 21.6. The maximum absolute atomic E-state index is 13.2. The monoisotopic (exact) mass is 1510 g/mol. The predicted octanol–water partition coefficient (Wildman–Crippen LogP) is 24.0. The van der Waals surface area contributed by atoms with Crippen LogP contribution < -0.4 is 0 Å². The van der Waals surface area contributed by atoms with E-state index in [1.807, 2.05) is 0 Å². The number of aliphatic hydroxyl groups is 1. The summed E-state index contributed by atoms with van der Waals surface area (Å²) in [5, 5.41) is 10.7. The highest BCUT2D eigenvalue weighted by Gasteiger charge is 2.38. The minimum Gasteiger partial charge on any atom is -0.462 e. The number of phosphoric ester groups is 2. The van der Waals surface area contributed by atoms with Gasteiger partial charge in [0.1, 0.15) is 19.3 Å². The molecule has 0 aliphatic heterocycles. The molecule has 0 aromatic heterocycles. The number of phosphoric acid groups is 2. The van der Waals surface area contributed by atoms with Gasteiger partial charge < -0.3 is 33.8 Å². The van der Waals surface area contributed by atoms with Gasteiger partial charge >= 0.3 is 39.5 Å². The van der Waals surface area contributed by atoms with Crippen LogP contribution in [0.25, 0.3) is 0 Å². The number of ether oxygens (including phenoxy) is 4. The van der Waals surface area contributed by atoms with Crippen molar-refractivity contribution in [2.24, 2.45) is 47.3 Å². The van der Waals surface area contributed by atoms with Crippen LogP contribution in [0.5, 0.6) is 0 Å². The van der Waals surface area contributed by atoms with Crippen LogP contribution in [0.3, 0.4) is 0 Å². The third-order valence-corrected chi connectivity index (χ3v) is 24.9. The smallest absolute Gasteiger partial charge is 0.462 e. The van der Waals surface area contributed by atoms with E-state index >= 15 is 0 Å². The molecule has 104 heavy (non-hydrogen) atoms. The molecule has 610 valence electrons. The van der Waals surface area contributed by atoms with Gasteiger partial charge in [-0.2, -0.15) is 0 Å². The lowest BCUT2D eigenvalue weighted by Gasteiger charge is -2.21. The topological polar surface area (TPSA) is 237 Å². The minimum absolute atomic E-state index is 0.116. The van der Waals surface area contributed by atoms with Crippen LogP contribution in [0.4, 0.5) is 0 Å². The van der Waals surface area contributed by atoms with Gasteiger partial charge in [0.2, 0.25) is 0 Å². The van der Waals surface area contributed by atoms with E-state index < -0.39 is 97.5 Å². The van der Waals surface area contributed by atoms with Crippen LogP contribution in [0.2, 0.25) is 0 Å². The van der Waals surface area contributed by atoms with E-state index in [2.05, 4.69) is 27.7 Å². The Hall–Kier alpha value is -1.94. The minimum atomic E-state index is -4.96. The maximum atomic E-state index is 13.2. The van der Waals surface area contributed by atoms with E-state index in [0.717, 1.165) is 124 Å². The third kappa shape index (κ3) is 53.0. The first kappa shape index (κ1) is 94.4. The van der Waals surface area contributed by atoms with Crippen molar-refractivity contribution >= 4 is 39.5 Å². The molecule has 4 rings (SSSR count). The zero-order valence-corrected chi connectivity index (χ0v) is 68.8. The molecular formula is C85H158O17P2. The second kappa shape index (κ2) is 60.7. The van der Waals surface area contributed by atoms with Gasteiger partial charge in [0, 0.05) is 25.7 Å². The standard InChI is InChI=1S/C85H158O17P2/c1-5-9-13-17-25-37-49-71-61-75(71)53-41-29-21-33-45-57-82(87)95-67-80(101-84(89)59-47-35-23-31-43-55-77-63-73(77)51-39-27-19-15-11-7-3)69-99-103(91,92)97-65-79(86)66-98-104(93,94)100-70-81(102-85(90)60-48-36-24-32-44-56-78-64-74(78)52-40-28-20-16-12-8-4)68-96-83(88)58-46-34-22-30-42-54-76-62-72(76)50-38-26-18-14-10-6-2/h71-81,86H,5-70H2,1-4H3,(H,91,92)(H,93,94)/t71-,72-,73-,74-,75+,76+,77+,78+,80-,81-/m1/s1. The zero-order chi connectivity index (χ0) is 75.0. The van der Waals surface area contributed by atoms with Gasteiger partial charge in [-0.1, -0.05) is 336 Å². The van der Waals surface area contributed by atoms with Crippen LogP contribution in [-0.4, -0.2) is 96.7 Å².